The van der Waals surface area contributed by atoms with E-state index in [9.17, 15) is 4.79 Å². The minimum absolute atomic E-state index is 0.214. The summed E-state index contributed by atoms with van der Waals surface area (Å²) in [4.78, 5) is 21.8. The monoisotopic (exact) mass is 347 g/mol. The molecule has 0 radical (unpaired) electrons. The highest BCUT2D eigenvalue weighted by Gasteiger charge is 2.51. The summed E-state index contributed by atoms with van der Waals surface area (Å²) >= 11 is 6.06. The van der Waals surface area contributed by atoms with E-state index < -0.39 is 0 Å². The largest absolute Gasteiger partial charge is 0.342 e. The fourth-order valence-corrected chi connectivity index (χ4v) is 5.29. The van der Waals surface area contributed by atoms with Gasteiger partial charge >= 0.3 is 0 Å². The summed E-state index contributed by atoms with van der Waals surface area (Å²) in [6, 6.07) is 2.00. The third kappa shape index (κ3) is 3.06. The highest BCUT2D eigenvalue weighted by Crippen LogP contribution is 2.50. The van der Waals surface area contributed by atoms with Gasteiger partial charge in [-0.2, -0.15) is 0 Å². The van der Waals surface area contributed by atoms with Crippen molar-refractivity contribution in [2.45, 2.75) is 45.1 Å². The van der Waals surface area contributed by atoms with Crippen LogP contribution in [-0.4, -0.2) is 46.9 Å². The second-order valence-electron chi connectivity index (χ2n) is 7.81. The van der Waals surface area contributed by atoms with Crippen molar-refractivity contribution in [1.82, 2.24) is 14.8 Å². The minimum Gasteiger partial charge on any atom is -0.342 e. The highest BCUT2D eigenvalue weighted by atomic mass is 35.5. The van der Waals surface area contributed by atoms with Gasteiger partial charge in [0, 0.05) is 44.5 Å². The lowest BCUT2D eigenvalue weighted by atomic mass is 9.76. The standard InChI is InChI=1S/C19H26ClN3O/c20-16-10-15(11-21-12-16)13-22-9-6-19(14-22)5-3-4-17(19)18(24)23-7-1-2-8-23/h10-12,17H,1-9,13-14H2/t17-,19-/m0/s1. The van der Waals surface area contributed by atoms with Gasteiger partial charge in [0.1, 0.15) is 0 Å². The number of pyridine rings is 1. The molecule has 4 rings (SSSR count). The molecule has 1 amide bonds. The van der Waals surface area contributed by atoms with E-state index in [0.717, 1.165) is 45.6 Å². The van der Waals surface area contributed by atoms with Crippen LogP contribution in [0.15, 0.2) is 18.5 Å². The summed E-state index contributed by atoms with van der Waals surface area (Å²) in [5, 5.41) is 0.698. The van der Waals surface area contributed by atoms with Gasteiger partial charge in [-0.1, -0.05) is 18.0 Å². The summed E-state index contributed by atoms with van der Waals surface area (Å²) in [5.41, 5.74) is 1.38. The van der Waals surface area contributed by atoms with Crippen molar-refractivity contribution < 1.29 is 4.79 Å². The average Bonchev–Trinajstić information content (AvgIpc) is 3.30. The summed E-state index contributed by atoms with van der Waals surface area (Å²) in [6.45, 7) is 4.96. The van der Waals surface area contributed by atoms with E-state index in [0.29, 0.717) is 10.9 Å². The van der Waals surface area contributed by atoms with E-state index in [2.05, 4.69) is 14.8 Å². The molecule has 0 bridgehead atoms. The zero-order valence-electron chi connectivity index (χ0n) is 14.2. The van der Waals surface area contributed by atoms with Gasteiger partial charge in [-0.25, -0.2) is 0 Å². The van der Waals surface area contributed by atoms with E-state index in [1.807, 2.05) is 12.3 Å². The topological polar surface area (TPSA) is 36.4 Å². The van der Waals surface area contributed by atoms with Gasteiger partial charge < -0.3 is 4.90 Å². The van der Waals surface area contributed by atoms with Gasteiger partial charge in [0.15, 0.2) is 0 Å². The molecular weight excluding hydrogens is 322 g/mol. The first-order chi connectivity index (χ1) is 11.7. The Balaban J connectivity index is 1.44. The molecule has 3 heterocycles. The number of nitrogens with zero attached hydrogens (tertiary/aromatic N) is 3. The molecule has 0 aromatic carbocycles. The normalized spacial score (nSPS) is 30.5. The second-order valence-corrected chi connectivity index (χ2v) is 8.25. The summed E-state index contributed by atoms with van der Waals surface area (Å²) in [5.74, 6) is 0.689. The Morgan fingerprint density at radius 2 is 2.04 bits per heavy atom. The third-order valence-electron chi connectivity index (χ3n) is 6.25. The summed E-state index contributed by atoms with van der Waals surface area (Å²) < 4.78 is 0. The van der Waals surface area contributed by atoms with E-state index in [4.69, 9.17) is 11.6 Å². The molecule has 3 fully saturated rings. The molecular formula is C19H26ClN3O. The van der Waals surface area contributed by atoms with Crippen molar-refractivity contribution in [3.05, 3.63) is 29.0 Å². The quantitative estimate of drug-likeness (QED) is 0.841. The lowest BCUT2D eigenvalue weighted by Gasteiger charge is -2.33. The summed E-state index contributed by atoms with van der Waals surface area (Å²) in [6.07, 6.45) is 10.6. The van der Waals surface area contributed by atoms with Gasteiger partial charge in [0.25, 0.3) is 0 Å². The van der Waals surface area contributed by atoms with Crippen LogP contribution in [0.25, 0.3) is 0 Å². The second kappa shape index (κ2) is 6.64. The number of hydrogen-bond donors (Lipinski definition) is 0. The van der Waals surface area contributed by atoms with Crippen molar-refractivity contribution in [2.75, 3.05) is 26.2 Å². The van der Waals surface area contributed by atoms with Crippen LogP contribution in [0.3, 0.4) is 0 Å². The molecule has 1 aliphatic carbocycles. The summed E-state index contributed by atoms with van der Waals surface area (Å²) in [7, 11) is 0. The van der Waals surface area contributed by atoms with Gasteiger partial charge in [-0.15, -0.1) is 0 Å². The smallest absolute Gasteiger partial charge is 0.226 e. The molecule has 0 unspecified atom stereocenters. The van der Waals surface area contributed by atoms with Crippen LogP contribution < -0.4 is 0 Å². The third-order valence-corrected chi connectivity index (χ3v) is 6.46. The molecule has 24 heavy (non-hydrogen) atoms. The number of likely N-dealkylation sites (tertiary alicyclic amines) is 2. The van der Waals surface area contributed by atoms with Gasteiger partial charge in [0.2, 0.25) is 5.91 Å². The van der Waals surface area contributed by atoms with E-state index in [1.165, 1.54) is 31.2 Å². The van der Waals surface area contributed by atoms with Gasteiger partial charge in [-0.05, 0) is 55.7 Å². The van der Waals surface area contributed by atoms with Gasteiger partial charge in [-0.3, -0.25) is 14.7 Å². The molecule has 1 aromatic heterocycles. The first-order valence-corrected chi connectivity index (χ1v) is 9.65. The van der Waals surface area contributed by atoms with Crippen LogP contribution in [0.5, 0.6) is 0 Å². The average molecular weight is 348 g/mol. The number of halogens is 1. The Labute approximate surface area is 149 Å². The van der Waals surface area contributed by atoms with Crippen LogP contribution in [0.1, 0.15) is 44.1 Å². The Morgan fingerprint density at radius 1 is 1.21 bits per heavy atom. The molecule has 1 spiro atoms. The predicted molar refractivity (Wildman–Crippen MR) is 94.7 cm³/mol. The number of hydrogen-bond acceptors (Lipinski definition) is 3. The number of aromatic nitrogens is 1. The fraction of sp³-hybridized carbons (Fsp3) is 0.684. The van der Waals surface area contributed by atoms with Crippen molar-refractivity contribution >= 4 is 17.5 Å². The Hall–Kier alpha value is -1.13. The lowest BCUT2D eigenvalue weighted by molar-refractivity contribution is -0.137. The molecule has 2 aliphatic heterocycles. The van der Waals surface area contributed by atoms with Crippen LogP contribution in [0.2, 0.25) is 5.02 Å². The Morgan fingerprint density at radius 3 is 2.83 bits per heavy atom. The molecule has 2 atom stereocenters. The van der Waals surface area contributed by atoms with Crippen molar-refractivity contribution in [3.8, 4) is 0 Å². The maximum absolute atomic E-state index is 13.0. The van der Waals surface area contributed by atoms with Crippen molar-refractivity contribution in [1.29, 1.82) is 0 Å². The minimum atomic E-state index is 0.214. The zero-order chi connectivity index (χ0) is 16.6. The maximum Gasteiger partial charge on any atom is 0.226 e. The van der Waals surface area contributed by atoms with Crippen LogP contribution in [-0.2, 0) is 11.3 Å². The predicted octanol–water partition coefficient (Wildman–Crippen LogP) is 3.35. The molecule has 2 saturated heterocycles. The maximum atomic E-state index is 13.0. The fourth-order valence-electron chi connectivity index (χ4n) is 5.09. The van der Waals surface area contributed by atoms with Crippen molar-refractivity contribution in [2.24, 2.45) is 11.3 Å². The lowest BCUT2D eigenvalue weighted by Crippen LogP contribution is -2.42. The van der Waals surface area contributed by atoms with Crippen molar-refractivity contribution in [3.63, 3.8) is 0 Å². The van der Waals surface area contributed by atoms with Crippen LogP contribution >= 0.6 is 11.6 Å². The molecule has 3 aliphatic rings. The molecule has 1 aromatic rings. The van der Waals surface area contributed by atoms with E-state index in [1.54, 1.807) is 6.20 Å². The van der Waals surface area contributed by atoms with E-state index >= 15 is 0 Å². The zero-order valence-corrected chi connectivity index (χ0v) is 15.0. The SMILES string of the molecule is O=C([C@@H]1CCC[C@@]12CCN(Cc1cncc(Cl)c1)C2)N1CCCC1. The van der Waals surface area contributed by atoms with E-state index in [-0.39, 0.29) is 11.3 Å². The van der Waals surface area contributed by atoms with Crippen LogP contribution in [0, 0.1) is 11.3 Å². The highest BCUT2D eigenvalue weighted by molar-refractivity contribution is 6.30. The van der Waals surface area contributed by atoms with Crippen LogP contribution in [0.4, 0.5) is 0 Å². The number of amides is 1. The molecule has 4 nitrogen and oxygen atoms in total. The number of carbonyl (C=O) groups is 1. The van der Waals surface area contributed by atoms with Gasteiger partial charge in [0.05, 0.1) is 5.02 Å². The number of carbonyl (C=O) groups excluding carboxylic acids is 1. The Bertz CT molecular complexity index is 616. The molecule has 1 saturated carbocycles. The Kier molecular flexibility index (Phi) is 4.52. The number of rotatable bonds is 3. The molecule has 130 valence electrons. The molecule has 5 heteroatoms. The first kappa shape index (κ1) is 16.3. The first-order valence-electron chi connectivity index (χ1n) is 9.27. The molecule has 0 N–H and O–H groups in total.